The van der Waals surface area contributed by atoms with Gasteiger partial charge < -0.3 is 15.8 Å². The van der Waals surface area contributed by atoms with E-state index < -0.39 is 11.4 Å². The molecule has 1 aliphatic rings. The molecular weight excluding hydrogens is 404 g/mol. The van der Waals surface area contributed by atoms with Gasteiger partial charge in [-0.3, -0.25) is 9.78 Å². The summed E-state index contributed by atoms with van der Waals surface area (Å²) in [5, 5.41) is 2.88. The van der Waals surface area contributed by atoms with Gasteiger partial charge in [-0.1, -0.05) is 18.9 Å². The third kappa shape index (κ3) is 6.06. The van der Waals surface area contributed by atoms with Crippen molar-refractivity contribution in [3.05, 3.63) is 54.1 Å². The molecule has 1 amide bonds. The fourth-order valence-electron chi connectivity index (χ4n) is 3.37. The lowest BCUT2D eigenvalue weighted by atomic mass is 9.74. The molecular formula is C20H26Cl2FN3O2. The molecule has 2 aromatic rings. The third-order valence-corrected chi connectivity index (χ3v) is 4.90. The summed E-state index contributed by atoms with van der Waals surface area (Å²) in [7, 11) is 0. The fraction of sp³-hybridized carbons (Fsp3) is 0.400. The second-order valence-corrected chi connectivity index (χ2v) is 7.08. The lowest BCUT2D eigenvalue weighted by Crippen LogP contribution is -2.52. The van der Waals surface area contributed by atoms with E-state index >= 15 is 0 Å². The van der Waals surface area contributed by atoms with Gasteiger partial charge in [0, 0.05) is 18.3 Å². The van der Waals surface area contributed by atoms with Crippen LogP contribution >= 0.6 is 24.8 Å². The number of nitrogens with one attached hydrogen (secondary N) is 1. The van der Waals surface area contributed by atoms with Crippen LogP contribution in [0.4, 0.5) is 4.39 Å². The number of nitrogens with zero attached hydrogens (tertiary/aromatic N) is 1. The van der Waals surface area contributed by atoms with E-state index in [0.717, 1.165) is 25.7 Å². The zero-order valence-electron chi connectivity index (χ0n) is 15.7. The van der Waals surface area contributed by atoms with Gasteiger partial charge in [0.1, 0.15) is 5.75 Å². The molecule has 5 nitrogen and oxygen atoms in total. The number of pyridine rings is 1. The quantitative estimate of drug-likeness (QED) is 0.738. The van der Waals surface area contributed by atoms with Crippen LogP contribution in [0.2, 0.25) is 0 Å². The maximum absolute atomic E-state index is 14.3. The number of amides is 1. The lowest BCUT2D eigenvalue weighted by molar-refractivity contribution is -0.128. The van der Waals surface area contributed by atoms with Gasteiger partial charge in [0.2, 0.25) is 5.91 Å². The Balaban J connectivity index is 0.00000196. The summed E-state index contributed by atoms with van der Waals surface area (Å²) in [5.41, 5.74) is 6.46. The predicted molar refractivity (Wildman–Crippen MR) is 112 cm³/mol. The molecule has 2 atom stereocenters. The number of carbonyl (C=O) groups is 1. The second kappa shape index (κ2) is 10.6. The molecule has 2 unspecified atom stereocenters. The maximum atomic E-state index is 14.3. The van der Waals surface area contributed by atoms with Crippen molar-refractivity contribution in [2.24, 2.45) is 11.7 Å². The molecule has 1 aliphatic carbocycles. The van der Waals surface area contributed by atoms with Crippen molar-refractivity contribution in [3.8, 4) is 11.5 Å². The number of rotatable bonds is 5. The van der Waals surface area contributed by atoms with Crippen molar-refractivity contribution in [3.63, 3.8) is 0 Å². The highest BCUT2D eigenvalue weighted by molar-refractivity contribution is 5.85. The van der Waals surface area contributed by atoms with Crippen LogP contribution in [0.1, 0.15) is 38.2 Å². The molecule has 0 aliphatic heterocycles. The Bertz CT molecular complexity index is 775. The highest BCUT2D eigenvalue weighted by Gasteiger charge is 2.37. The largest absolute Gasteiger partial charge is 0.453 e. The van der Waals surface area contributed by atoms with Gasteiger partial charge in [0.25, 0.3) is 0 Å². The minimum absolute atomic E-state index is 0. The van der Waals surface area contributed by atoms with Crippen LogP contribution in [0.25, 0.3) is 0 Å². The summed E-state index contributed by atoms with van der Waals surface area (Å²) in [5.74, 6) is -0.163. The maximum Gasteiger partial charge on any atom is 0.225 e. The zero-order valence-corrected chi connectivity index (χ0v) is 17.3. The number of carbonyl (C=O) groups excluding carboxylic acids is 1. The zero-order chi connectivity index (χ0) is 18.6. The van der Waals surface area contributed by atoms with E-state index in [-0.39, 0.29) is 48.9 Å². The molecule has 28 heavy (non-hydrogen) atoms. The van der Waals surface area contributed by atoms with Crippen LogP contribution in [-0.4, -0.2) is 16.4 Å². The number of halogens is 3. The van der Waals surface area contributed by atoms with Crippen LogP contribution < -0.4 is 15.8 Å². The summed E-state index contributed by atoms with van der Waals surface area (Å²) in [6.07, 6.45) is 6.85. The summed E-state index contributed by atoms with van der Waals surface area (Å²) in [4.78, 5) is 16.4. The van der Waals surface area contributed by atoms with Crippen LogP contribution in [-0.2, 0) is 11.3 Å². The Morgan fingerprint density at radius 3 is 2.79 bits per heavy atom. The van der Waals surface area contributed by atoms with Gasteiger partial charge in [-0.15, -0.1) is 24.8 Å². The first-order chi connectivity index (χ1) is 12.5. The van der Waals surface area contributed by atoms with Gasteiger partial charge >= 0.3 is 0 Å². The monoisotopic (exact) mass is 429 g/mol. The van der Waals surface area contributed by atoms with Crippen LogP contribution in [0, 0.1) is 11.7 Å². The molecule has 1 aromatic carbocycles. The van der Waals surface area contributed by atoms with E-state index in [4.69, 9.17) is 10.5 Å². The normalized spacial score (nSPS) is 21.0. The molecule has 8 heteroatoms. The summed E-state index contributed by atoms with van der Waals surface area (Å²) in [6.45, 7) is 2.19. The topological polar surface area (TPSA) is 77.2 Å². The summed E-state index contributed by atoms with van der Waals surface area (Å²) >= 11 is 0. The lowest BCUT2D eigenvalue weighted by Gasteiger charge is -2.37. The van der Waals surface area contributed by atoms with Gasteiger partial charge in [-0.25, -0.2) is 4.39 Å². The summed E-state index contributed by atoms with van der Waals surface area (Å²) in [6, 6.07) is 8.08. The SMILES string of the molecule is CC1(N)CCCCC1C(=O)NCc1ccc(Oc2cccnc2)c(F)c1.Cl.Cl. The molecule has 0 saturated heterocycles. The van der Waals surface area contributed by atoms with Crippen LogP contribution in [0.3, 0.4) is 0 Å². The van der Waals surface area contributed by atoms with Gasteiger partial charge in [-0.05, 0) is 49.6 Å². The third-order valence-electron chi connectivity index (χ3n) is 4.90. The second-order valence-electron chi connectivity index (χ2n) is 7.08. The fourth-order valence-corrected chi connectivity index (χ4v) is 3.37. The smallest absolute Gasteiger partial charge is 0.225 e. The van der Waals surface area contributed by atoms with Crippen LogP contribution in [0.5, 0.6) is 11.5 Å². The van der Waals surface area contributed by atoms with Crippen LogP contribution in [0.15, 0.2) is 42.7 Å². The molecule has 1 fully saturated rings. The van der Waals surface area contributed by atoms with Gasteiger partial charge in [-0.2, -0.15) is 0 Å². The average molecular weight is 430 g/mol. The van der Waals surface area contributed by atoms with E-state index in [2.05, 4.69) is 10.3 Å². The molecule has 3 N–H and O–H groups in total. The first-order valence-corrected chi connectivity index (χ1v) is 8.88. The molecule has 1 heterocycles. The molecule has 0 spiro atoms. The molecule has 154 valence electrons. The number of ether oxygens (including phenoxy) is 1. The highest BCUT2D eigenvalue weighted by atomic mass is 35.5. The van der Waals surface area contributed by atoms with E-state index in [9.17, 15) is 9.18 Å². The van der Waals surface area contributed by atoms with Gasteiger partial charge in [0.15, 0.2) is 11.6 Å². The standard InChI is InChI=1S/C20H24FN3O2.2ClH/c1-20(22)9-3-2-6-16(20)19(25)24-12-14-7-8-18(17(21)11-14)26-15-5-4-10-23-13-15;;/h4-5,7-8,10-11,13,16H,2-3,6,9,12,22H2,1H3,(H,24,25);2*1H. The number of aromatic nitrogens is 1. The number of nitrogens with two attached hydrogens (primary N) is 1. The Morgan fingerprint density at radius 2 is 2.14 bits per heavy atom. The van der Waals surface area contributed by atoms with E-state index in [0.29, 0.717) is 11.3 Å². The Morgan fingerprint density at radius 1 is 1.36 bits per heavy atom. The number of benzene rings is 1. The van der Waals surface area contributed by atoms with Gasteiger partial charge in [0.05, 0.1) is 12.1 Å². The minimum atomic E-state index is -0.484. The van der Waals surface area contributed by atoms with Crippen molar-refractivity contribution >= 4 is 30.7 Å². The molecule has 1 saturated carbocycles. The Labute approximate surface area is 177 Å². The van der Waals surface area contributed by atoms with Crippen molar-refractivity contribution in [1.29, 1.82) is 0 Å². The predicted octanol–water partition coefficient (Wildman–Crippen LogP) is 4.38. The van der Waals surface area contributed by atoms with E-state index in [1.807, 2.05) is 6.92 Å². The molecule has 0 bridgehead atoms. The van der Waals surface area contributed by atoms with Crippen molar-refractivity contribution in [2.75, 3.05) is 0 Å². The van der Waals surface area contributed by atoms with E-state index in [1.54, 1.807) is 30.5 Å². The first kappa shape index (κ1) is 24.1. The molecule has 0 radical (unpaired) electrons. The number of hydrogen-bond acceptors (Lipinski definition) is 4. The minimum Gasteiger partial charge on any atom is -0.453 e. The highest BCUT2D eigenvalue weighted by Crippen LogP contribution is 2.31. The van der Waals surface area contributed by atoms with Crippen molar-refractivity contribution in [2.45, 2.75) is 44.7 Å². The van der Waals surface area contributed by atoms with Crippen molar-refractivity contribution < 1.29 is 13.9 Å². The van der Waals surface area contributed by atoms with E-state index in [1.165, 1.54) is 12.3 Å². The molecule has 3 rings (SSSR count). The average Bonchev–Trinajstić information content (AvgIpc) is 2.62. The number of hydrogen-bond donors (Lipinski definition) is 2. The first-order valence-electron chi connectivity index (χ1n) is 8.88. The molecule has 1 aromatic heterocycles. The Kier molecular flexibility index (Phi) is 9.14. The Hall–Kier alpha value is -1.89. The summed E-state index contributed by atoms with van der Waals surface area (Å²) < 4.78 is 19.7. The van der Waals surface area contributed by atoms with Crippen molar-refractivity contribution in [1.82, 2.24) is 10.3 Å².